The molecule has 2 atom stereocenters. The number of nitrogens with zero attached hydrogens (tertiary/aromatic N) is 4. The zero-order valence-electron chi connectivity index (χ0n) is 12.1. The van der Waals surface area contributed by atoms with Crippen LogP contribution in [0.5, 0.6) is 0 Å². The number of aryl methyl sites for hydroxylation is 1. The van der Waals surface area contributed by atoms with E-state index in [-0.39, 0.29) is 12.3 Å². The van der Waals surface area contributed by atoms with E-state index in [2.05, 4.69) is 24.9 Å². The predicted molar refractivity (Wildman–Crippen MR) is 77.9 cm³/mol. The molecule has 0 saturated carbocycles. The molecule has 2 N–H and O–H groups in total. The highest BCUT2D eigenvalue weighted by Gasteiger charge is 2.35. The summed E-state index contributed by atoms with van der Waals surface area (Å²) in [5.41, 5.74) is 0. The van der Waals surface area contributed by atoms with Gasteiger partial charge >= 0.3 is 0 Å². The molecule has 2 fully saturated rings. The van der Waals surface area contributed by atoms with E-state index in [1.54, 1.807) is 0 Å². The monoisotopic (exact) mass is 332 g/mol. The van der Waals surface area contributed by atoms with E-state index in [4.69, 9.17) is 0 Å². The van der Waals surface area contributed by atoms with E-state index in [1.165, 1.54) is 11.5 Å². The van der Waals surface area contributed by atoms with Crippen molar-refractivity contribution in [3.05, 3.63) is 5.82 Å². The standard InChI is InChI=1S/C12H18F2N6OS/c1-7-15-12(22-18-7)20-4-2-19(3-5-20)11-16-8(10(13)14)6-9(21)17-11/h8,10-11,16H,2-6H2,1H3,(H,17,21). The van der Waals surface area contributed by atoms with Crippen LogP contribution in [0.3, 0.4) is 0 Å². The Kier molecular flexibility index (Phi) is 4.50. The summed E-state index contributed by atoms with van der Waals surface area (Å²) in [7, 11) is 0. The van der Waals surface area contributed by atoms with Gasteiger partial charge in [-0.2, -0.15) is 4.37 Å². The Balaban J connectivity index is 1.57. The van der Waals surface area contributed by atoms with E-state index in [1.807, 2.05) is 11.8 Å². The van der Waals surface area contributed by atoms with Crippen LogP contribution >= 0.6 is 11.5 Å². The van der Waals surface area contributed by atoms with Gasteiger partial charge in [0.25, 0.3) is 6.43 Å². The number of aromatic nitrogens is 2. The third kappa shape index (κ3) is 3.33. The second kappa shape index (κ2) is 6.39. The summed E-state index contributed by atoms with van der Waals surface area (Å²) < 4.78 is 29.8. The molecule has 0 bridgehead atoms. The molecule has 0 aliphatic carbocycles. The topological polar surface area (TPSA) is 73.4 Å². The Morgan fingerprint density at radius 1 is 1.32 bits per heavy atom. The largest absolute Gasteiger partial charge is 0.344 e. The normalized spacial score (nSPS) is 27.3. The number of alkyl halides is 2. The Hall–Kier alpha value is -1.39. The fraction of sp³-hybridized carbons (Fsp3) is 0.750. The molecular formula is C12H18F2N6OS. The van der Waals surface area contributed by atoms with Crippen molar-refractivity contribution in [2.45, 2.75) is 32.1 Å². The maximum Gasteiger partial charge on any atom is 0.254 e. The number of hydrogen-bond donors (Lipinski definition) is 2. The molecule has 2 aliphatic rings. The number of carbonyl (C=O) groups excluding carboxylic acids is 1. The van der Waals surface area contributed by atoms with Crippen LogP contribution in [0.4, 0.5) is 13.9 Å². The average molecular weight is 332 g/mol. The molecule has 3 heterocycles. The lowest BCUT2D eigenvalue weighted by Gasteiger charge is -2.42. The molecule has 7 nitrogen and oxygen atoms in total. The molecule has 2 unspecified atom stereocenters. The fourth-order valence-corrected chi connectivity index (χ4v) is 3.38. The van der Waals surface area contributed by atoms with Gasteiger partial charge in [-0.3, -0.25) is 15.0 Å². The predicted octanol–water partition coefficient (Wildman–Crippen LogP) is -0.00468. The van der Waals surface area contributed by atoms with E-state index in [9.17, 15) is 13.6 Å². The SMILES string of the molecule is Cc1nsc(N2CCN(C3NC(=O)CC(C(F)F)N3)CC2)n1. The number of halogens is 2. The lowest BCUT2D eigenvalue weighted by Crippen LogP contribution is -2.67. The summed E-state index contributed by atoms with van der Waals surface area (Å²) >= 11 is 1.36. The summed E-state index contributed by atoms with van der Waals surface area (Å²) in [5, 5.41) is 6.42. The van der Waals surface area contributed by atoms with Crippen molar-refractivity contribution < 1.29 is 13.6 Å². The van der Waals surface area contributed by atoms with Gasteiger partial charge in [0.1, 0.15) is 12.1 Å². The number of amides is 1. The number of anilines is 1. The Morgan fingerprint density at radius 2 is 2.05 bits per heavy atom. The Labute approximate surface area is 130 Å². The van der Waals surface area contributed by atoms with Gasteiger partial charge in [0.2, 0.25) is 11.0 Å². The molecule has 1 aromatic rings. The van der Waals surface area contributed by atoms with Gasteiger partial charge < -0.3 is 10.2 Å². The van der Waals surface area contributed by atoms with Crippen LogP contribution in [0.15, 0.2) is 0 Å². The van der Waals surface area contributed by atoms with Gasteiger partial charge in [-0.15, -0.1) is 0 Å². The summed E-state index contributed by atoms with van der Waals surface area (Å²) in [6.45, 7) is 4.62. The maximum absolute atomic E-state index is 12.8. The molecule has 0 radical (unpaired) electrons. The number of piperazine rings is 1. The van der Waals surface area contributed by atoms with Crippen molar-refractivity contribution in [3.63, 3.8) is 0 Å². The smallest absolute Gasteiger partial charge is 0.254 e. The van der Waals surface area contributed by atoms with Crippen LogP contribution < -0.4 is 15.5 Å². The highest BCUT2D eigenvalue weighted by atomic mass is 32.1. The quantitative estimate of drug-likeness (QED) is 0.811. The van der Waals surface area contributed by atoms with E-state index in [0.717, 1.165) is 24.0 Å². The third-order valence-corrected chi connectivity index (χ3v) is 4.71. The first-order chi connectivity index (χ1) is 10.5. The first-order valence-corrected chi connectivity index (χ1v) is 7.93. The van der Waals surface area contributed by atoms with Gasteiger partial charge in [0.05, 0.1) is 6.04 Å². The lowest BCUT2D eigenvalue weighted by molar-refractivity contribution is -0.129. The summed E-state index contributed by atoms with van der Waals surface area (Å²) in [4.78, 5) is 20.0. The molecule has 122 valence electrons. The summed E-state index contributed by atoms with van der Waals surface area (Å²) in [6, 6.07) is -1.08. The minimum absolute atomic E-state index is 0.182. The van der Waals surface area contributed by atoms with Crippen LogP contribution in [0.2, 0.25) is 0 Å². The molecular weight excluding hydrogens is 314 g/mol. The number of nitrogens with one attached hydrogen (secondary N) is 2. The Bertz CT molecular complexity index is 533. The van der Waals surface area contributed by atoms with Crippen LogP contribution in [0.25, 0.3) is 0 Å². The van der Waals surface area contributed by atoms with E-state index >= 15 is 0 Å². The molecule has 0 aromatic carbocycles. The molecule has 2 saturated heterocycles. The fourth-order valence-electron chi connectivity index (χ4n) is 2.66. The molecule has 2 aliphatic heterocycles. The van der Waals surface area contributed by atoms with Crippen molar-refractivity contribution in [1.82, 2.24) is 24.9 Å². The second-order valence-corrected chi connectivity index (χ2v) is 6.16. The molecule has 1 aromatic heterocycles. The third-order valence-electron chi connectivity index (χ3n) is 3.85. The van der Waals surface area contributed by atoms with E-state index in [0.29, 0.717) is 13.1 Å². The minimum Gasteiger partial charge on any atom is -0.344 e. The Morgan fingerprint density at radius 3 is 2.64 bits per heavy atom. The minimum atomic E-state index is -2.54. The molecule has 3 rings (SSSR count). The summed E-state index contributed by atoms with van der Waals surface area (Å²) in [6.07, 6.45) is -3.25. The molecule has 1 amide bonds. The zero-order valence-corrected chi connectivity index (χ0v) is 12.9. The van der Waals surface area contributed by atoms with Gasteiger partial charge in [-0.25, -0.2) is 13.8 Å². The van der Waals surface area contributed by atoms with Gasteiger partial charge in [0.15, 0.2) is 0 Å². The van der Waals surface area contributed by atoms with Gasteiger partial charge in [-0.05, 0) is 6.92 Å². The number of rotatable bonds is 3. The molecule has 10 heteroatoms. The van der Waals surface area contributed by atoms with Crippen molar-refractivity contribution >= 4 is 22.6 Å². The highest BCUT2D eigenvalue weighted by molar-refractivity contribution is 7.09. The van der Waals surface area contributed by atoms with Crippen molar-refractivity contribution in [1.29, 1.82) is 0 Å². The molecule has 22 heavy (non-hydrogen) atoms. The second-order valence-electron chi connectivity index (χ2n) is 5.43. The summed E-state index contributed by atoms with van der Waals surface area (Å²) in [5.74, 6) is 0.416. The van der Waals surface area contributed by atoms with Crippen LogP contribution in [0.1, 0.15) is 12.2 Å². The van der Waals surface area contributed by atoms with Crippen molar-refractivity contribution in [2.24, 2.45) is 0 Å². The highest BCUT2D eigenvalue weighted by Crippen LogP contribution is 2.20. The maximum atomic E-state index is 12.8. The van der Waals surface area contributed by atoms with E-state index < -0.39 is 18.8 Å². The number of carbonyl (C=O) groups is 1. The van der Waals surface area contributed by atoms with Gasteiger partial charge in [0, 0.05) is 44.1 Å². The first kappa shape index (κ1) is 15.5. The van der Waals surface area contributed by atoms with Crippen molar-refractivity contribution in [2.75, 3.05) is 31.1 Å². The average Bonchev–Trinajstić information content (AvgIpc) is 2.93. The zero-order chi connectivity index (χ0) is 15.7. The molecule has 0 spiro atoms. The van der Waals surface area contributed by atoms with Gasteiger partial charge in [-0.1, -0.05) is 0 Å². The van der Waals surface area contributed by atoms with Crippen LogP contribution in [-0.2, 0) is 4.79 Å². The lowest BCUT2D eigenvalue weighted by atomic mass is 10.1. The number of hydrogen-bond acceptors (Lipinski definition) is 7. The van der Waals surface area contributed by atoms with Crippen LogP contribution in [0, 0.1) is 6.92 Å². The first-order valence-electron chi connectivity index (χ1n) is 7.16. The van der Waals surface area contributed by atoms with Crippen molar-refractivity contribution in [3.8, 4) is 0 Å². The van der Waals surface area contributed by atoms with Crippen LogP contribution in [-0.4, -0.2) is 65.1 Å².